The average molecular weight is 336 g/mol. The van der Waals surface area contributed by atoms with E-state index in [1.54, 1.807) is 20.8 Å². The molecule has 0 aliphatic carbocycles. The topological polar surface area (TPSA) is 114 Å². The molecule has 128 valence electrons. The van der Waals surface area contributed by atoms with E-state index >= 15 is 0 Å². The van der Waals surface area contributed by atoms with Crippen LogP contribution in [0, 0.1) is 0 Å². The van der Waals surface area contributed by atoms with Crippen LogP contribution >= 0.6 is 12.6 Å². The highest BCUT2D eigenvalue weighted by molar-refractivity contribution is 7.80. The van der Waals surface area contributed by atoms with Gasteiger partial charge in [-0.1, -0.05) is 0 Å². The van der Waals surface area contributed by atoms with Crippen molar-refractivity contribution in [3.8, 4) is 0 Å². The Morgan fingerprint density at radius 3 is 2.14 bits per heavy atom. The Bertz CT molecular complexity index is 408. The standard InChI is InChI=1S/C13H24N2O6S/c1-7(16)9(15-12(19)21-13(2,3)4)10(17)14-8(6-22)11(18)20-5/h7-9,16,22H,6H2,1-5H3,(H,14,17)(H,15,19)/t7-,8+,9+/m1/s1. The second kappa shape index (κ2) is 8.84. The number of carbonyl (C=O) groups excluding carboxylic acids is 3. The smallest absolute Gasteiger partial charge is 0.408 e. The molecule has 0 saturated heterocycles. The number of carbonyl (C=O) groups is 3. The second-order valence-electron chi connectivity index (χ2n) is 5.63. The Morgan fingerprint density at radius 2 is 1.77 bits per heavy atom. The van der Waals surface area contributed by atoms with E-state index in [1.165, 1.54) is 14.0 Å². The number of hydrogen-bond acceptors (Lipinski definition) is 7. The molecule has 0 aromatic heterocycles. The number of aliphatic hydroxyl groups is 1. The number of nitrogens with one attached hydrogen (secondary N) is 2. The van der Waals surface area contributed by atoms with E-state index < -0.39 is 41.8 Å². The average Bonchev–Trinajstić information content (AvgIpc) is 2.38. The summed E-state index contributed by atoms with van der Waals surface area (Å²) >= 11 is 3.94. The van der Waals surface area contributed by atoms with Crippen LogP contribution in [0.15, 0.2) is 0 Å². The van der Waals surface area contributed by atoms with Gasteiger partial charge in [0.25, 0.3) is 0 Å². The van der Waals surface area contributed by atoms with Crippen LogP contribution in [0.3, 0.4) is 0 Å². The van der Waals surface area contributed by atoms with Crippen LogP contribution in [-0.2, 0) is 19.1 Å². The minimum absolute atomic E-state index is 0.0113. The number of hydrogen-bond donors (Lipinski definition) is 4. The molecule has 0 aromatic rings. The van der Waals surface area contributed by atoms with Gasteiger partial charge in [-0.05, 0) is 27.7 Å². The molecular formula is C13H24N2O6S. The summed E-state index contributed by atoms with van der Waals surface area (Å²) < 4.78 is 9.53. The van der Waals surface area contributed by atoms with E-state index in [-0.39, 0.29) is 5.75 Å². The molecule has 3 N–H and O–H groups in total. The zero-order chi connectivity index (χ0) is 17.5. The summed E-state index contributed by atoms with van der Waals surface area (Å²) in [6.07, 6.45) is -2.04. The van der Waals surface area contributed by atoms with Gasteiger partial charge >= 0.3 is 12.1 Å². The molecule has 9 heteroatoms. The molecule has 0 aliphatic rings. The number of aliphatic hydroxyl groups excluding tert-OH is 1. The molecule has 2 amide bonds. The van der Waals surface area contributed by atoms with Crippen LogP contribution in [-0.4, -0.2) is 59.7 Å². The lowest BCUT2D eigenvalue weighted by atomic mass is 10.1. The van der Waals surface area contributed by atoms with Crippen molar-refractivity contribution < 1.29 is 29.0 Å². The zero-order valence-electron chi connectivity index (χ0n) is 13.4. The van der Waals surface area contributed by atoms with Gasteiger partial charge in [-0.3, -0.25) is 4.79 Å². The number of ether oxygens (including phenoxy) is 2. The summed E-state index contributed by atoms with van der Waals surface area (Å²) in [6, 6.07) is -2.26. The van der Waals surface area contributed by atoms with Crippen LogP contribution in [0.25, 0.3) is 0 Å². The fourth-order valence-corrected chi connectivity index (χ4v) is 1.66. The van der Waals surface area contributed by atoms with Gasteiger partial charge in [0.1, 0.15) is 17.7 Å². The summed E-state index contributed by atoms with van der Waals surface area (Å²) in [5.41, 5.74) is -0.747. The van der Waals surface area contributed by atoms with E-state index in [9.17, 15) is 19.5 Å². The molecule has 0 radical (unpaired) electrons. The SMILES string of the molecule is COC(=O)[C@H](CS)NC(=O)[C@@H](NC(=O)OC(C)(C)C)[C@@H](C)O. The van der Waals surface area contributed by atoms with Crippen LogP contribution in [0.1, 0.15) is 27.7 Å². The van der Waals surface area contributed by atoms with Crippen LogP contribution in [0.4, 0.5) is 4.79 Å². The van der Waals surface area contributed by atoms with Gasteiger partial charge in [-0.2, -0.15) is 12.6 Å². The molecule has 22 heavy (non-hydrogen) atoms. The first-order chi connectivity index (χ1) is 10.0. The van der Waals surface area contributed by atoms with E-state index in [0.29, 0.717) is 0 Å². The third-order valence-electron chi connectivity index (χ3n) is 2.42. The molecule has 0 aromatic carbocycles. The maximum atomic E-state index is 12.1. The fraction of sp³-hybridized carbons (Fsp3) is 0.769. The van der Waals surface area contributed by atoms with Crippen molar-refractivity contribution in [3.63, 3.8) is 0 Å². The molecule has 0 saturated carbocycles. The molecule has 8 nitrogen and oxygen atoms in total. The maximum Gasteiger partial charge on any atom is 0.408 e. The fourth-order valence-electron chi connectivity index (χ4n) is 1.42. The number of thiol groups is 1. The lowest BCUT2D eigenvalue weighted by Gasteiger charge is -2.25. The third-order valence-corrected chi connectivity index (χ3v) is 2.79. The first kappa shape index (κ1) is 20.5. The van der Waals surface area contributed by atoms with Crippen molar-refractivity contribution in [2.24, 2.45) is 0 Å². The molecular weight excluding hydrogens is 312 g/mol. The first-order valence-corrected chi connectivity index (χ1v) is 7.31. The van der Waals surface area contributed by atoms with Crippen LogP contribution in [0.2, 0.25) is 0 Å². The first-order valence-electron chi connectivity index (χ1n) is 6.68. The third kappa shape index (κ3) is 7.51. The Balaban J connectivity index is 4.84. The summed E-state index contributed by atoms with van der Waals surface area (Å²) in [5, 5.41) is 14.3. The Labute approximate surface area is 135 Å². The predicted molar refractivity (Wildman–Crippen MR) is 82.6 cm³/mol. The summed E-state index contributed by atoms with van der Waals surface area (Å²) in [7, 11) is 1.18. The van der Waals surface area contributed by atoms with Gasteiger partial charge in [0.2, 0.25) is 5.91 Å². The summed E-state index contributed by atoms with van der Waals surface area (Å²) in [4.78, 5) is 35.2. The monoisotopic (exact) mass is 336 g/mol. The van der Waals surface area contributed by atoms with Crippen molar-refractivity contribution in [1.29, 1.82) is 0 Å². The van der Waals surface area contributed by atoms with Crippen LogP contribution in [0.5, 0.6) is 0 Å². The molecule has 0 bridgehead atoms. The van der Waals surface area contributed by atoms with E-state index in [2.05, 4.69) is 28.0 Å². The van der Waals surface area contributed by atoms with Gasteiger partial charge in [0.15, 0.2) is 0 Å². The molecule has 0 fully saturated rings. The number of amides is 2. The molecule has 3 atom stereocenters. The minimum Gasteiger partial charge on any atom is -0.467 e. The lowest BCUT2D eigenvalue weighted by Crippen LogP contribution is -2.56. The molecule has 0 unspecified atom stereocenters. The van der Waals surface area contributed by atoms with Gasteiger partial charge in [-0.15, -0.1) is 0 Å². The lowest BCUT2D eigenvalue weighted by molar-refractivity contribution is -0.144. The minimum atomic E-state index is -1.28. The Kier molecular flexibility index (Phi) is 8.25. The van der Waals surface area contributed by atoms with Crippen molar-refractivity contribution in [3.05, 3.63) is 0 Å². The van der Waals surface area contributed by atoms with Gasteiger partial charge in [0, 0.05) is 5.75 Å². The largest absolute Gasteiger partial charge is 0.467 e. The van der Waals surface area contributed by atoms with E-state index in [0.717, 1.165) is 0 Å². The number of alkyl carbamates (subject to hydrolysis) is 1. The highest BCUT2D eigenvalue weighted by Gasteiger charge is 2.31. The van der Waals surface area contributed by atoms with Gasteiger partial charge in [-0.25, -0.2) is 9.59 Å². The maximum absolute atomic E-state index is 12.1. The molecule has 0 rings (SSSR count). The molecule has 0 spiro atoms. The number of rotatable bonds is 6. The zero-order valence-corrected chi connectivity index (χ0v) is 14.3. The highest BCUT2D eigenvalue weighted by Crippen LogP contribution is 2.07. The summed E-state index contributed by atoms with van der Waals surface area (Å²) in [6.45, 7) is 6.32. The molecule has 0 heterocycles. The normalized spacial score (nSPS) is 15.2. The van der Waals surface area contributed by atoms with Crippen LogP contribution < -0.4 is 10.6 Å². The van der Waals surface area contributed by atoms with Crippen molar-refractivity contribution in [2.75, 3.05) is 12.9 Å². The van der Waals surface area contributed by atoms with Gasteiger partial charge in [0.05, 0.1) is 13.2 Å². The van der Waals surface area contributed by atoms with E-state index in [1.807, 2.05) is 0 Å². The highest BCUT2D eigenvalue weighted by atomic mass is 32.1. The predicted octanol–water partition coefficient (Wildman–Crippen LogP) is -0.152. The van der Waals surface area contributed by atoms with Crippen molar-refractivity contribution in [2.45, 2.75) is 51.5 Å². The van der Waals surface area contributed by atoms with Gasteiger partial charge < -0.3 is 25.2 Å². The Morgan fingerprint density at radius 1 is 1.23 bits per heavy atom. The van der Waals surface area contributed by atoms with Crippen molar-refractivity contribution in [1.82, 2.24) is 10.6 Å². The molecule has 0 aliphatic heterocycles. The van der Waals surface area contributed by atoms with E-state index in [4.69, 9.17) is 4.74 Å². The number of methoxy groups -OCH3 is 1. The van der Waals surface area contributed by atoms with Crippen molar-refractivity contribution >= 4 is 30.6 Å². The quantitative estimate of drug-likeness (QED) is 0.396. The summed E-state index contributed by atoms with van der Waals surface area (Å²) in [5.74, 6) is -1.41. The second-order valence-corrected chi connectivity index (χ2v) is 6.00. The Hall–Kier alpha value is -1.48. The number of esters is 1.